The molecule has 1 atom stereocenters. The second-order valence-corrected chi connectivity index (χ2v) is 32.3. The van der Waals surface area contributed by atoms with Crippen molar-refractivity contribution in [2.24, 2.45) is 5.73 Å². The van der Waals surface area contributed by atoms with Crippen LogP contribution in [-0.4, -0.2) is 83.9 Å². The summed E-state index contributed by atoms with van der Waals surface area (Å²) in [5.74, 6) is 0. The second-order valence-electron chi connectivity index (χ2n) is 9.35. The summed E-state index contributed by atoms with van der Waals surface area (Å²) in [5.41, 5.74) is 5.39. The molecule has 0 spiro atoms. The summed E-state index contributed by atoms with van der Waals surface area (Å²) >= 11 is 0. The van der Waals surface area contributed by atoms with Crippen molar-refractivity contribution in [1.29, 1.82) is 0 Å². The molecular formula is C14H50N2O3Si7. The zero-order valence-corrected chi connectivity index (χ0v) is 30.1. The third-order valence-electron chi connectivity index (χ3n) is 3.06. The summed E-state index contributed by atoms with van der Waals surface area (Å²) in [4.78, 5) is 0. The third-order valence-corrected chi connectivity index (χ3v) is 22.4. The smallest absolute Gasteiger partial charge is 0.169 e. The summed E-state index contributed by atoms with van der Waals surface area (Å²) in [7, 11) is -1.02. The fourth-order valence-corrected chi connectivity index (χ4v) is 15.1. The monoisotopic (exact) mass is 490 g/mol. The molecule has 12 heteroatoms. The van der Waals surface area contributed by atoms with Crippen LogP contribution in [0.4, 0.5) is 0 Å². The van der Waals surface area contributed by atoms with Crippen molar-refractivity contribution in [1.82, 2.24) is 5.32 Å². The quantitative estimate of drug-likeness (QED) is 0.322. The van der Waals surface area contributed by atoms with Gasteiger partial charge in [0.1, 0.15) is 29.5 Å². The Bertz CT molecular complexity index is 294. The van der Waals surface area contributed by atoms with Crippen molar-refractivity contribution in [3.05, 3.63) is 0 Å². The van der Waals surface area contributed by atoms with Crippen LogP contribution in [0.1, 0.15) is 6.42 Å². The maximum Gasteiger partial charge on any atom is 0.169 e. The molecule has 3 N–H and O–H groups in total. The van der Waals surface area contributed by atoms with Crippen LogP contribution < -0.4 is 11.1 Å². The summed E-state index contributed by atoms with van der Waals surface area (Å²) < 4.78 is 16.6. The molecule has 5 nitrogen and oxygen atoms in total. The lowest BCUT2D eigenvalue weighted by atomic mass is 10.5. The Hall–Kier alpha value is 1.32. The van der Waals surface area contributed by atoms with E-state index in [0.29, 0.717) is 0 Å². The minimum Gasteiger partial charge on any atom is -0.464 e. The Morgan fingerprint density at radius 3 is 1.46 bits per heavy atom. The molecule has 0 heterocycles. The molecule has 0 saturated heterocycles. The average molecular weight is 491 g/mol. The summed E-state index contributed by atoms with van der Waals surface area (Å²) in [6.45, 7) is 22.8. The van der Waals surface area contributed by atoms with Gasteiger partial charge in [-0.15, -0.1) is 0 Å². The Morgan fingerprint density at radius 2 is 1.19 bits per heavy atom. The van der Waals surface area contributed by atoms with Crippen molar-refractivity contribution < 1.29 is 12.3 Å². The van der Waals surface area contributed by atoms with E-state index in [0.717, 1.165) is 40.6 Å². The molecule has 0 bridgehead atoms. The highest BCUT2D eigenvalue weighted by Gasteiger charge is 2.17. The second kappa shape index (κ2) is 17.2. The number of hydrogen-bond donors (Lipinski definition) is 2. The van der Waals surface area contributed by atoms with Gasteiger partial charge in [0.05, 0.1) is 0 Å². The van der Waals surface area contributed by atoms with Gasteiger partial charge < -0.3 is 23.4 Å². The number of nitrogens with two attached hydrogens (primary N) is 1. The van der Waals surface area contributed by atoms with Crippen molar-refractivity contribution in [3.63, 3.8) is 0 Å². The average Bonchev–Trinajstić information content (AvgIpc) is 2.45. The van der Waals surface area contributed by atoms with Crippen molar-refractivity contribution in [2.45, 2.75) is 71.4 Å². The van der Waals surface area contributed by atoms with Gasteiger partial charge in [-0.3, -0.25) is 0 Å². The lowest BCUT2D eigenvalue weighted by Gasteiger charge is -2.23. The van der Waals surface area contributed by atoms with Crippen LogP contribution in [0.25, 0.3) is 0 Å². The first-order valence-corrected chi connectivity index (χ1v) is 27.5. The topological polar surface area (TPSA) is 65.7 Å². The van der Waals surface area contributed by atoms with E-state index in [-0.39, 0.29) is 0 Å². The molecule has 0 fully saturated rings. The van der Waals surface area contributed by atoms with E-state index in [1.807, 2.05) is 0 Å². The van der Waals surface area contributed by atoms with Gasteiger partial charge in [-0.1, -0.05) is 0 Å². The summed E-state index contributed by atoms with van der Waals surface area (Å²) in [6.07, 6.45) is 1.27. The van der Waals surface area contributed by atoms with Gasteiger partial charge in [-0.05, 0) is 77.9 Å². The van der Waals surface area contributed by atoms with Crippen LogP contribution in [0.15, 0.2) is 0 Å². The number of hydrogen-bond acceptors (Lipinski definition) is 5. The van der Waals surface area contributed by atoms with Gasteiger partial charge in [0, 0.05) is 22.8 Å². The highest BCUT2D eigenvalue weighted by molar-refractivity contribution is 7.03. The van der Waals surface area contributed by atoms with Gasteiger partial charge >= 0.3 is 0 Å². The highest BCUT2D eigenvalue weighted by Crippen LogP contribution is 2.06. The lowest BCUT2D eigenvalue weighted by Crippen LogP contribution is -2.35. The standard InChI is InChI=1S/C8H26N2OSi3.2C3H12OSi2/c1-14(2,3)11-13(12)8-4-6-10-7-5-9;2*1-6(2,3)4-5/h10,13H,4-9H2,1-3,12H3;2*1-3,5H3. The lowest BCUT2D eigenvalue weighted by molar-refractivity contribution is 0.577. The molecule has 0 aromatic heterocycles. The van der Waals surface area contributed by atoms with Crippen LogP contribution in [0.2, 0.25) is 65.0 Å². The highest BCUT2D eigenvalue weighted by atomic mass is 29.2. The molecule has 0 aliphatic heterocycles. The van der Waals surface area contributed by atoms with Gasteiger partial charge in [-0.25, -0.2) is 0 Å². The maximum absolute atomic E-state index is 6.13. The summed E-state index contributed by atoms with van der Waals surface area (Å²) in [5, 5.41) is 3.32. The minimum absolute atomic E-state index is 0.743. The normalized spacial score (nSPS) is 13.6. The molecule has 26 heavy (non-hydrogen) atoms. The molecule has 0 aromatic rings. The third kappa shape index (κ3) is 40.1. The van der Waals surface area contributed by atoms with Gasteiger partial charge in [-0.2, -0.15) is 0 Å². The van der Waals surface area contributed by atoms with E-state index in [4.69, 9.17) is 18.1 Å². The van der Waals surface area contributed by atoms with Crippen LogP contribution in [0.3, 0.4) is 0 Å². The maximum atomic E-state index is 6.13. The van der Waals surface area contributed by atoms with E-state index in [2.05, 4.69) is 64.2 Å². The zero-order valence-electron chi connectivity index (χ0n) is 19.9. The Balaban J connectivity index is -0.000000364. The predicted molar refractivity (Wildman–Crippen MR) is 142 cm³/mol. The Labute approximate surface area is 178 Å². The van der Waals surface area contributed by atoms with Crippen LogP contribution in [0.5, 0.6) is 0 Å². The van der Waals surface area contributed by atoms with Crippen molar-refractivity contribution >= 4 is 64.2 Å². The minimum atomic E-state index is -1.24. The largest absolute Gasteiger partial charge is 0.464 e. The molecular weight excluding hydrogens is 441 g/mol. The first kappa shape index (κ1) is 32.0. The van der Waals surface area contributed by atoms with E-state index in [1.165, 1.54) is 22.2 Å². The number of rotatable bonds is 10. The predicted octanol–water partition coefficient (Wildman–Crippen LogP) is -0.401. The van der Waals surface area contributed by atoms with Crippen molar-refractivity contribution in [3.8, 4) is 0 Å². The van der Waals surface area contributed by atoms with Crippen LogP contribution >= 0.6 is 0 Å². The van der Waals surface area contributed by atoms with Crippen molar-refractivity contribution in [2.75, 3.05) is 19.6 Å². The molecule has 1 unspecified atom stereocenters. The van der Waals surface area contributed by atoms with E-state index in [9.17, 15) is 0 Å². The molecule has 0 aliphatic carbocycles. The van der Waals surface area contributed by atoms with Crippen LogP contribution in [-0.2, 0) is 12.3 Å². The SMILES string of the molecule is C[Si](C)(C)O[SiH3].C[Si](C)(C)O[SiH3].C[Si](C)(C)O[SiH]([SiH3])CCCNCCN. The molecule has 0 aliphatic rings. The molecule has 0 aromatic carbocycles. The van der Waals surface area contributed by atoms with Crippen LogP contribution in [0, 0.1) is 0 Å². The van der Waals surface area contributed by atoms with E-state index >= 15 is 0 Å². The van der Waals surface area contributed by atoms with Gasteiger partial charge in [0.25, 0.3) is 0 Å². The Morgan fingerprint density at radius 1 is 0.808 bits per heavy atom. The zero-order chi connectivity index (χ0) is 21.4. The van der Waals surface area contributed by atoms with Gasteiger partial charge in [0.2, 0.25) is 0 Å². The van der Waals surface area contributed by atoms with E-state index in [1.54, 1.807) is 0 Å². The molecule has 0 saturated carbocycles. The fourth-order valence-electron chi connectivity index (χ4n) is 1.40. The Kier molecular flexibility index (Phi) is 21.2. The molecule has 0 radical (unpaired) electrons. The first-order chi connectivity index (χ1) is 11.6. The molecule has 162 valence electrons. The van der Waals surface area contributed by atoms with E-state index < -0.39 is 33.5 Å². The number of nitrogens with one attached hydrogen (secondary N) is 1. The summed E-state index contributed by atoms with van der Waals surface area (Å²) in [6, 6.07) is 1.34. The van der Waals surface area contributed by atoms with Gasteiger partial charge in [0.15, 0.2) is 25.0 Å². The molecule has 0 rings (SSSR count). The first-order valence-electron chi connectivity index (χ1n) is 9.77. The fraction of sp³-hybridized carbons (Fsp3) is 1.00. The molecule has 0 amide bonds.